The Morgan fingerprint density at radius 1 is 1.16 bits per heavy atom. The van der Waals surface area contributed by atoms with Crippen LogP contribution < -0.4 is 5.32 Å². The number of alkyl halides is 3. The van der Waals surface area contributed by atoms with Crippen LogP contribution in [0.15, 0.2) is 0 Å². The van der Waals surface area contributed by atoms with Gasteiger partial charge in [0.05, 0.1) is 6.42 Å². The van der Waals surface area contributed by atoms with Crippen molar-refractivity contribution >= 4 is 0 Å². The first-order valence-electron chi connectivity index (χ1n) is 7.21. The van der Waals surface area contributed by atoms with Gasteiger partial charge in [0.2, 0.25) is 0 Å². The standard InChI is InChI=1S/C14H25F3N2/c1-13(2,3)12-9-19(7-6-14(15,16)17)11(8-18-12)10-4-5-10/h10-12,18H,4-9H2,1-3H3. The van der Waals surface area contributed by atoms with Crippen LogP contribution in [0.3, 0.4) is 0 Å². The molecule has 112 valence electrons. The maximum atomic E-state index is 12.4. The van der Waals surface area contributed by atoms with Gasteiger partial charge < -0.3 is 5.32 Å². The molecule has 2 rings (SSSR count). The van der Waals surface area contributed by atoms with Crippen molar-refractivity contribution in [3.05, 3.63) is 0 Å². The summed E-state index contributed by atoms with van der Waals surface area (Å²) in [4.78, 5) is 2.08. The summed E-state index contributed by atoms with van der Waals surface area (Å²) in [7, 11) is 0. The summed E-state index contributed by atoms with van der Waals surface area (Å²) in [5.41, 5.74) is 0.0883. The summed E-state index contributed by atoms with van der Waals surface area (Å²) in [5.74, 6) is 0.613. The largest absolute Gasteiger partial charge is 0.390 e. The average molecular weight is 278 g/mol. The van der Waals surface area contributed by atoms with E-state index in [-0.39, 0.29) is 18.0 Å². The minimum Gasteiger partial charge on any atom is -0.311 e. The highest BCUT2D eigenvalue weighted by atomic mass is 19.4. The van der Waals surface area contributed by atoms with E-state index >= 15 is 0 Å². The Bertz CT molecular complexity index is 305. The smallest absolute Gasteiger partial charge is 0.311 e. The van der Waals surface area contributed by atoms with Gasteiger partial charge >= 0.3 is 6.18 Å². The lowest BCUT2D eigenvalue weighted by atomic mass is 9.84. The second-order valence-electron chi connectivity index (χ2n) is 7.09. The van der Waals surface area contributed by atoms with Gasteiger partial charge in [-0.25, -0.2) is 0 Å². The van der Waals surface area contributed by atoms with Crippen molar-refractivity contribution in [2.24, 2.45) is 11.3 Å². The van der Waals surface area contributed by atoms with E-state index in [2.05, 4.69) is 31.0 Å². The minimum absolute atomic E-state index is 0.0883. The lowest BCUT2D eigenvalue weighted by Gasteiger charge is -2.45. The second kappa shape index (κ2) is 5.24. The van der Waals surface area contributed by atoms with Gasteiger partial charge in [-0.05, 0) is 24.2 Å². The van der Waals surface area contributed by atoms with Gasteiger partial charge in [-0.1, -0.05) is 20.8 Å². The summed E-state index contributed by atoms with van der Waals surface area (Å²) in [6.07, 6.45) is -2.38. The number of nitrogens with zero attached hydrogens (tertiary/aromatic N) is 1. The monoisotopic (exact) mass is 278 g/mol. The van der Waals surface area contributed by atoms with E-state index in [9.17, 15) is 13.2 Å². The zero-order valence-electron chi connectivity index (χ0n) is 12.1. The first-order chi connectivity index (χ1) is 8.67. The molecule has 5 heteroatoms. The SMILES string of the molecule is CC(C)(C)C1CN(CCC(F)(F)F)C(C2CC2)CN1. The van der Waals surface area contributed by atoms with Crippen molar-refractivity contribution in [1.29, 1.82) is 0 Å². The van der Waals surface area contributed by atoms with Crippen LogP contribution in [-0.4, -0.2) is 42.8 Å². The third-order valence-electron chi connectivity index (χ3n) is 4.35. The predicted octanol–water partition coefficient (Wildman–Crippen LogP) is 3.04. The van der Waals surface area contributed by atoms with Gasteiger partial charge in [0, 0.05) is 31.7 Å². The van der Waals surface area contributed by atoms with Crippen LogP contribution in [0.2, 0.25) is 0 Å². The quantitative estimate of drug-likeness (QED) is 0.853. The molecule has 0 amide bonds. The van der Waals surface area contributed by atoms with Gasteiger partial charge in [0.15, 0.2) is 0 Å². The zero-order valence-corrected chi connectivity index (χ0v) is 12.1. The first kappa shape index (κ1) is 15.1. The van der Waals surface area contributed by atoms with Crippen LogP contribution >= 0.6 is 0 Å². The van der Waals surface area contributed by atoms with Crippen molar-refractivity contribution in [2.75, 3.05) is 19.6 Å². The Kier molecular flexibility index (Phi) is 4.17. The van der Waals surface area contributed by atoms with E-state index in [0.29, 0.717) is 12.0 Å². The molecule has 1 saturated heterocycles. The lowest BCUT2D eigenvalue weighted by molar-refractivity contribution is -0.140. The summed E-state index contributed by atoms with van der Waals surface area (Å²) < 4.78 is 37.3. The Morgan fingerprint density at radius 2 is 1.79 bits per heavy atom. The molecule has 2 unspecified atom stereocenters. The fraction of sp³-hybridized carbons (Fsp3) is 1.00. The molecule has 1 N–H and O–H groups in total. The summed E-state index contributed by atoms with van der Waals surface area (Å²) in [5, 5.41) is 3.53. The molecule has 1 saturated carbocycles. The number of piperazine rings is 1. The topological polar surface area (TPSA) is 15.3 Å². The fourth-order valence-electron chi connectivity index (χ4n) is 2.88. The fourth-order valence-corrected chi connectivity index (χ4v) is 2.88. The van der Waals surface area contributed by atoms with Crippen LogP contribution in [0.5, 0.6) is 0 Å². The maximum absolute atomic E-state index is 12.4. The highest BCUT2D eigenvalue weighted by Gasteiger charge is 2.42. The first-order valence-corrected chi connectivity index (χ1v) is 7.21. The highest BCUT2D eigenvalue weighted by Crippen LogP contribution is 2.38. The van der Waals surface area contributed by atoms with Crippen LogP contribution in [0.4, 0.5) is 13.2 Å². The van der Waals surface area contributed by atoms with Crippen LogP contribution in [0, 0.1) is 11.3 Å². The van der Waals surface area contributed by atoms with Crippen molar-refractivity contribution in [2.45, 2.75) is 58.3 Å². The van der Waals surface area contributed by atoms with E-state index in [1.165, 1.54) is 12.8 Å². The summed E-state index contributed by atoms with van der Waals surface area (Å²) in [6.45, 7) is 8.16. The summed E-state index contributed by atoms with van der Waals surface area (Å²) in [6, 6.07) is 0.580. The summed E-state index contributed by atoms with van der Waals surface area (Å²) >= 11 is 0. The molecule has 2 nitrogen and oxygen atoms in total. The highest BCUT2D eigenvalue weighted by molar-refractivity contribution is 4.97. The molecule has 0 aromatic rings. The van der Waals surface area contributed by atoms with Crippen molar-refractivity contribution in [3.63, 3.8) is 0 Å². The van der Waals surface area contributed by atoms with E-state index in [0.717, 1.165) is 13.1 Å². The van der Waals surface area contributed by atoms with Crippen LogP contribution in [-0.2, 0) is 0 Å². The number of nitrogens with one attached hydrogen (secondary N) is 1. The Morgan fingerprint density at radius 3 is 2.26 bits per heavy atom. The van der Waals surface area contributed by atoms with Gasteiger partial charge in [-0.3, -0.25) is 4.90 Å². The molecule has 2 atom stereocenters. The number of hydrogen-bond acceptors (Lipinski definition) is 2. The molecule has 0 spiro atoms. The normalized spacial score (nSPS) is 30.6. The predicted molar refractivity (Wildman–Crippen MR) is 70.0 cm³/mol. The van der Waals surface area contributed by atoms with E-state index in [1.807, 2.05) is 0 Å². The molecule has 1 aliphatic carbocycles. The van der Waals surface area contributed by atoms with Crippen molar-refractivity contribution in [3.8, 4) is 0 Å². The molecule has 0 radical (unpaired) electrons. The van der Waals surface area contributed by atoms with Crippen LogP contribution in [0.1, 0.15) is 40.0 Å². The Labute approximate surface area is 113 Å². The molecule has 0 aromatic heterocycles. The molecule has 0 aromatic carbocycles. The molecule has 2 fully saturated rings. The third-order valence-corrected chi connectivity index (χ3v) is 4.35. The number of halogens is 3. The second-order valence-corrected chi connectivity index (χ2v) is 7.09. The molecule has 1 aliphatic heterocycles. The Balaban J connectivity index is 1.96. The minimum atomic E-state index is -4.05. The van der Waals surface area contributed by atoms with Crippen molar-refractivity contribution < 1.29 is 13.2 Å². The van der Waals surface area contributed by atoms with E-state index in [4.69, 9.17) is 0 Å². The maximum Gasteiger partial charge on any atom is 0.390 e. The van der Waals surface area contributed by atoms with Crippen molar-refractivity contribution in [1.82, 2.24) is 10.2 Å². The lowest BCUT2D eigenvalue weighted by Crippen LogP contribution is -2.61. The molecular formula is C14H25F3N2. The molecule has 19 heavy (non-hydrogen) atoms. The zero-order chi connectivity index (χ0) is 14.3. The van der Waals surface area contributed by atoms with Gasteiger partial charge in [-0.15, -0.1) is 0 Å². The number of hydrogen-bond donors (Lipinski definition) is 1. The van der Waals surface area contributed by atoms with E-state index < -0.39 is 12.6 Å². The number of rotatable bonds is 3. The average Bonchev–Trinajstić information content (AvgIpc) is 3.07. The molecule has 2 aliphatic rings. The third kappa shape index (κ3) is 4.35. The van der Waals surface area contributed by atoms with Gasteiger partial charge in [0.25, 0.3) is 0 Å². The van der Waals surface area contributed by atoms with E-state index in [1.54, 1.807) is 0 Å². The molecule has 1 heterocycles. The molecular weight excluding hydrogens is 253 g/mol. The Hall–Kier alpha value is -0.290. The van der Waals surface area contributed by atoms with Gasteiger partial charge in [0.1, 0.15) is 0 Å². The molecule has 0 bridgehead atoms. The van der Waals surface area contributed by atoms with Gasteiger partial charge in [-0.2, -0.15) is 13.2 Å². The van der Waals surface area contributed by atoms with Crippen LogP contribution in [0.25, 0.3) is 0 Å².